The molecule has 0 radical (unpaired) electrons. The fourth-order valence-electron chi connectivity index (χ4n) is 4.94. The van der Waals surface area contributed by atoms with E-state index in [-0.39, 0.29) is 12.1 Å². The van der Waals surface area contributed by atoms with Gasteiger partial charge in [0.15, 0.2) is 0 Å². The van der Waals surface area contributed by atoms with Gasteiger partial charge in [-0.3, -0.25) is 0 Å². The molecule has 1 aromatic carbocycles. The normalized spacial score (nSPS) is 25.1. The number of rotatable bonds is 3. The van der Waals surface area contributed by atoms with Crippen LogP contribution in [0.4, 0.5) is 10.5 Å². The Morgan fingerprint density at radius 3 is 2.88 bits per heavy atom. The number of nitrogens with two attached hydrogens (primary N) is 1. The molecule has 1 fully saturated rings. The van der Waals surface area contributed by atoms with Crippen LogP contribution in [0.15, 0.2) is 18.3 Å². The zero-order chi connectivity index (χ0) is 18.4. The number of nitrogen functional groups attached to an aromatic ring is 1. The van der Waals surface area contributed by atoms with Crippen molar-refractivity contribution in [2.75, 3.05) is 32.4 Å². The van der Waals surface area contributed by atoms with E-state index in [0.717, 1.165) is 38.2 Å². The van der Waals surface area contributed by atoms with Crippen molar-refractivity contribution in [3.8, 4) is 0 Å². The van der Waals surface area contributed by atoms with E-state index in [1.54, 1.807) is 0 Å². The number of aromatic amines is 1. The monoisotopic (exact) mass is 355 g/mol. The van der Waals surface area contributed by atoms with Crippen molar-refractivity contribution >= 4 is 22.6 Å². The maximum Gasteiger partial charge on any atom is 0.317 e. The lowest BCUT2D eigenvalue weighted by Gasteiger charge is -2.46. The van der Waals surface area contributed by atoms with Gasteiger partial charge < -0.3 is 25.8 Å². The molecule has 1 unspecified atom stereocenters. The molecule has 0 saturated carbocycles. The van der Waals surface area contributed by atoms with Gasteiger partial charge in [0.1, 0.15) is 0 Å². The summed E-state index contributed by atoms with van der Waals surface area (Å²) in [6, 6.07) is 4.70. The summed E-state index contributed by atoms with van der Waals surface area (Å²) in [5.74, 6) is 0.350. The zero-order valence-corrected chi connectivity index (χ0v) is 15.9. The van der Waals surface area contributed by atoms with Gasteiger partial charge in [-0.05, 0) is 57.0 Å². The minimum Gasteiger partial charge on any atom is -0.398 e. The third-order valence-corrected chi connectivity index (χ3v) is 6.26. The molecule has 4 N–H and O–H groups in total. The van der Waals surface area contributed by atoms with E-state index in [2.05, 4.69) is 34.5 Å². The SMILES string of the molecule is CCN(CC)C(=O)N[C@H]1CC2c3c(N)ccc4[nH]cc(c34)C[C@H]2N(C)C1. The predicted octanol–water partition coefficient (Wildman–Crippen LogP) is 2.51. The molecule has 6 heteroatoms. The highest BCUT2D eigenvalue weighted by molar-refractivity contribution is 5.92. The number of urea groups is 1. The Bertz CT molecular complexity index is 825. The van der Waals surface area contributed by atoms with Crippen molar-refractivity contribution in [3.05, 3.63) is 29.5 Å². The van der Waals surface area contributed by atoms with Crippen molar-refractivity contribution in [3.63, 3.8) is 0 Å². The standard InChI is InChI=1S/C20H29N5O/c1-4-25(5-2)20(26)23-13-9-14-17(24(3)11-13)8-12-10-22-16-7-6-15(21)19(14)18(12)16/h6-7,10,13-14,17,22H,4-5,8-9,11,21H2,1-3H3,(H,23,26)/t13-,14?,17+/m0/s1. The fourth-order valence-corrected chi connectivity index (χ4v) is 4.94. The number of nitrogens with zero attached hydrogens (tertiary/aromatic N) is 2. The maximum atomic E-state index is 12.5. The van der Waals surface area contributed by atoms with Gasteiger partial charge in [0.05, 0.1) is 0 Å². The number of H-pyrrole nitrogens is 1. The van der Waals surface area contributed by atoms with Crippen molar-refractivity contribution in [1.82, 2.24) is 20.1 Å². The molecule has 140 valence electrons. The van der Waals surface area contributed by atoms with Gasteiger partial charge in [0.25, 0.3) is 0 Å². The van der Waals surface area contributed by atoms with Crippen LogP contribution in [0.5, 0.6) is 0 Å². The minimum absolute atomic E-state index is 0.0381. The molecule has 1 aliphatic heterocycles. The van der Waals surface area contributed by atoms with E-state index in [1.807, 2.05) is 24.8 Å². The third-order valence-electron chi connectivity index (χ3n) is 6.26. The Morgan fingerprint density at radius 1 is 1.38 bits per heavy atom. The largest absolute Gasteiger partial charge is 0.398 e. The lowest BCUT2D eigenvalue weighted by molar-refractivity contribution is 0.124. The number of aromatic nitrogens is 1. The molecule has 2 aliphatic rings. The molecule has 2 amide bonds. The minimum atomic E-state index is 0.0381. The number of hydrogen-bond acceptors (Lipinski definition) is 3. The summed E-state index contributed by atoms with van der Waals surface area (Å²) in [4.78, 5) is 20.2. The molecular weight excluding hydrogens is 326 g/mol. The second-order valence-corrected chi connectivity index (χ2v) is 7.68. The molecule has 1 aliphatic carbocycles. The highest BCUT2D eigenvalue weighted by Gasteiger charge is 2.41. The van der Waals surface area contributed by atoms with Crippen LogP contribution >= 0.6 is 0 Å². The molecule has 0 bridgehead atoms. The highest BCUT2D eigenvalue weighted by atomic mass is 16.2. The van der Waals surface area contributed by atoms with E-state index >= 15 is 0 Å². The Hall–Kier alpha value is -2.21. The number of anilines is 1. The first-order valence-electron chi connectivity index (χ1n) is 9.67. The highest BCUT2D eigenvalue weighted by Crippen LogP contribution is 2.45. The van der Waals surface area contributed by atoms with Gasteiger partial charge in [0.2, 0.25) is 0 Å². The number of piperidine rings is 1. The van der Waals surface area contributed by atoms with E-state index in [1.165, 1.54) is 22.0 Å². The number of nitrogens with one attached hydrogen (secondary N) is 2. The van der Waals surface area contributed by atoms with E-state index in [0.29, 0.717) is 12.0 Å². The van der Waals surface area contributed by atoms with Crippen molar-refractivity contribution in [2.45, 2.75) is 44.7 Å². The predicted molar refractivity (Wildman–Crippen MR) is 105 cm³/mol. The number of likely N-dealkylation sites (tertiary alicyclic amines) is 1. The first-order valence-corrected chi connectivity index (χ1v) is 9.67. The molecule has 1 saturated heterocycles. The van der Waals surface area contributed by atoms with Crippen molar-refractivity contribution in [1.29, 1.82) is 0 Å². The lowest BCUT2D eigenvalue weighted by atomic mass is 9.73. The molecule has 2 heterocycles. The van der Waals surface area contributed by atoms with Crippen LogP contribution in [0, 0.1) is 0 Å². The van der Waals surface area contributed by atoms with E-state index < -0.39 is 0 Å². The number of carbonyl (C=O) groups excluding carboxylic acids is 1. The van der Waals surface area contributed by atoms with Crippen LogP contribution in [0.2, 0.25) is 0 Å². The molecule has 0 spiro atoms. The van der Waals surface area contributed by atoms with Crippen LogP contribution in [0.3, 0.4) is 0 Å². The zero-order valence-electron chi connectivity index (χ0n) is 15.9. The smallest absolute Gasteiger partial charge is 0.317 e. The molecule has 1 aromatic heterocycles. The molecule has 2 aromatic rings. The second kappa shape index (κ2) is 6.50. The van der Waals surface area contributed by atoms with Crippen LogP contribution in [0.1, 0.15) is 37.3 Å². The van der Waals surface area contributed by atoms with Gasteiger partial charge in [0, 0.05) is 60.4 Å². The number of benzene rings is 1. The first kappa shape index (κ1) is 17.2. The molecule has 4 rings (SSSR count). The van der Waals surface area contributed by atoms with E-state index in [4.69, 9.17) is 5.73 Å². The van der Waals surface area contributed by atoms with E-state index in [9.17, 15) is 4.79 Å². The summed E-state index contributed by atoms with van der Waals surface area (Å²) in [7, 11) is 2.17. The Labute approximate surface area is 154 Å². The van der Waals surface area contributed by atoms with Gasteiger partial charge in [-0.15, -0.1) is 0 Å². The van der Waals surface area contributed by atoms with Crippen LogP contribution in [0.25, 0.3) is 10.9 Å². The summed E-state index contributed by atoms with van der Waals surface area (Å²) >= 11 is 0. The quantitative estimate of drug-likeness (QED) is 0.741. The molecule has 6 nitrogen and oxygen atoms in total. The van der Waals surface area contributed by atoms with Crippen LogP contribution in [-0.2, 0) is 6.42 Å². The molecule has 3 atom stereocenters. The van der Waals surface area contributed by atoms with Crippen LogP contribution < -0.4 is 11.1 Å². The number of amides is 2. The van der Waals surface area contributed by atoms with Crippen molar-refractivity contribution < 1.29 is 4.79 Å². The van der Waals surface area contributed by atoms with Crippen LogP contribution in [-0.4, -0.2) is 59.6 Å². The van der Waals surface area contributed by atoms with Gasteiger partial charge in [-0.2, -0.15) is 0 Å². The van der Waals surface area contributed by atoms with Gasteiger partial charge in [-0.1, -0.05) is 0 Å². The van der Waals surface area contributed by atoms with Gasteiger partial charge >= 0.3 is 6.03 Å². The first-order chi connectivity index (χ1) is 12.5. The Kier molecular flexibility index (Phi) is 4.31. The summed E-state index contributed by atoms with van der Waals surface area (Å²) in [5, 5.41) is 4.55. The average Bonchev–Trinajstić information content (AvgIpc) is 3.02. The number of hydrogen-bond donors (Lipinski definition) is 3. The number of carbonyl (C=O) groups is 1. The van der Waals surface area contributed by atoms with Crippen molar-refractivity contribution in [2.24, 2.45) is 0 Å². The van der Waals surface area contributed by atoms with Gasteiger partial charge in [-0.25, -0.2) is 4.79 Å². The second-order valence-electron chi connectivity index (χ2n) is 7.68. The summed E-state index contributed by atoms with van der Waals surface area (Å²) in [6.45, 7) is 6.37. The summed E-state index contributed by atoms with van der Waals surface area (Å²) < 4.78 is 0. The Balaban J connectivity index is 1.64. The number of likely N-dealkylation sites (N-methyl/N-ethyl adjacent to an activating group) is 1. The topological polar surface area (TPSA) is 77.4 Å². The molecular formula is C20H29N5O. The number of fused-ring (bicyclic) bond motifs is 2. The maximum absolute atomic E-state index is 12.5. The summed E-state index contributed by atoms with van der Waals surface area (Å²) in [5.41, 5.74) is 11.1. The summed E-state index contributed by atoms with van der Waals surface area (Å²) in [6.07, 6.45) is 4.11. The molecule has 26 heavy (non-hydrogen) atoms. The average molecular weight is 355 g/mol. The lowest BCUT2D eigenvalue weighted by Crippen LogP contribution is -2.56. The Morgan fingerprint density at radius 2 is 2.15 bits per heavy atom. The third kappa shape index (κ3) is 2.63. The fraction of sp³-hybridized carbons (Fsp3) is 0.550.